The fourth-order valence-electron chi connectivity index (χ4n) is 7.03. The predicted octanol–water partition coefficient (Wildman–Crippen LogP) is -1.24. The average molecular weight is 919 g/mol. The van der Waals surface area contributed by atoms with Crippen molar-refractivity contribution in [2.45, 2.75) is 154 Å². The third-order valence-corrected chi connectivity index (χ3v) is 10.8. The van der Waals surface area contributed by atoms with E-state index in [1.54, 1.807) is 65.0 Å². The van der Waals surface area contributed by atoms with Crippen LogP contribution < -0.4 is 37.6 Å². The number of nitrogens with two attached hydrogens (primary N) is 1. The number of amides is 7. The van der Waals surface area contributed by atoms with Crippen molar-refractivity contribution < 1.29 is 68.4 Å². The van der Waals surface area contributed by atoms with E-state index in [2.05, 4.69) is 31.9 Å². The molecule has 2 rings (SSSR count). The molecule has 1 fully saturated rings. The zero-order valence-corrected chi connectivity index (χ0v) is 37.7. The SMILES string of the molecule is CC[C@H](NC(=O)[C@H](CC(C)C)NC(=O)[C@@H](NC(=O)[C@@H](N)CCC(=O)O)C(C)C)[C@@H](O)C(=O)N1CCC[C@H]1C(=O)N[C@@H](C)C(=O)N[C@@H](CCC(=O)O)C(=O)N[C@@H](Cc1ccccc1)C(=O)O. The number of nitrogens with zero attached hydrogens (tertiary/aromatic N) is 1. The Kier molecular flexibility index (Phi) is 22.5. The summed E-state index contributed by atoms with van der Waals surface area (Å²) in [4.78, 5) is 129. The highest BCUT2D eigenvalue weighted by Gasteiger charge is 2.41. The van der Waals surface area contributed by atoms with Gasteiger partial charge in [-0.25, -0.2) is 4.79 Å². The van der Waals surface area contributed by atoms with Crippen LogP contribution in [0, 0.1) is 11.8 Å². The largest absolute Gasteiger partial charge is 0.481 e. The molecule has 0 saturated carbocycles. The summed E-state index contributed by atoms with van der Waals surface area (Å²) in [5.41, 5.74) is 6.43. The first-order valence-electron chi connectivity index (χ1n) is 21.7. The number of aliphatic hydroxyl groups is 1. The van der Waals surface area contributed by atoms with Gasteiger partial charge in [0.15, 0.2) is 6.10 Å². The van der Waals surface area contributed by atoms with E-state index in [-0.39, 0.29) is 51.0 Å². The third-order valence-electron chi connectivity index (χ3n) is 10.8. The van der Waals surface area contributed by atoms with Crippen LogP contribution in [0.2, 0.25) is 0 Å². The Balaban J connectivity index is 2.14. The second kappa shape index (κ2) is 26.6. The molecule has 362 valence electrons. The van der Waals surface area contributed by atoms with Crippen molar-refractivity contribution >= 4 is 59.3 Å². The summed E-state index contributed by atoms with van der Waals surface area (Å²) in [6.07, 6.45) is -2.80. The van der Waals surface area contributed by atoms with E-state index in [1.165, 1.54) is 6.92 Å². The lowest BCUT2D eigenvalue weighted by atomic mass is 9.98. The highest BCUT2D eigenvalue weighted by molar-refractivity contribution is 5.96. The molecule has 22 heteroatoms. The maximum absolute atomic E-state index is 13.8. The van der Waals surface area contributed by atoms with Crippen LogP contribution in [0.25, 0.3) is 0 Å². The van der Waals surface area contributed by atoms with E-state index >= 15 is 0 Å². The number of carbonyl (C=O) groups excluding carboxylic acids is 7. The third kappa shape index (κ3) is 18.1. The Bertz CT molecular complexity index is 1850. The van der Waals surface area contributed by atoms with Crippen molar-refractivity contribution in [3.05, 3.63) is 35.9 Å². The highest BCUT2D eigenvalue weighted by Crippen LogP contribution is 2.21. The van der Waals surface area contributed by atoms with Gasteiger partial charge in [0, 0.05) is 25.8 Å². The first kappa shape index (κ1) is 55.0. The average Bonchev–Trinajstić information content (AvgIpc) is 3.74. The summed E-state index contributed by atoms with van der Waals surface area (Å²) in [5.74, 6) is -10.2. The Morgan fingerprint density at radius 1 is 0.708 bits per heavy atom. The first-order valence-corrected chi connectivity index (χ1v) is 21.7. The van der Waals surface area contributed by atoms with Crippen molar-refractivity contribution in [2.24, 2.45) is 17.6 Å². The minimum Gasteiger partial charge on any atom is -0.481 e. The Morgan fingerprint density at radius 3 is 1.83 bits per heavy atom. The van der Waals surface area contributed by atoms with E-state index in [1.807, 2.05) is 0 Å². The Morgan fingerprint density at radius 2 is 1.28 bits per heavy atom. The standard InChI is InChI=1S/C43H66N8O14/c1-7-27(46-39(60)29(20-22(2)3)48-41(62)34(23(4)5)50-37(58)26(44)15-17-32(52)53)35(56)42(63)51-19-11-14-31(51)40(61)45-24(6)36(57)47-28(16-18-33(54)55)38(59)49-30(43(64)65)21-25-12-9-8-10-13-25/h8-10,12-13,22-24,26-31,34-35,56H,7,11,14-21,44H2,1-6H3,(H,45,61)(H,46,60)(H,47,57)(H,48,62)(H,49,59)(H,50,58)(H,52,53)(H,54,55)(H,64,65)/t24-,26-,27-,28-,29-,30-,31-,34-,35+/m0/s1. The Hall–Kier alpha value is -6.16. The van der Waals surface area contributed by atoms with Gasteiger partial charge in [-0.3, -0.25) is 43.2 Å². The molecule has 9 atom stereocenters. The minimum absolute atomic E-state index is 0.0396. The number of rotatable bonds is 27. The molecule has 1 saturated heterocycles. The summed E-state index contributed by atoms with van der Waals surface area (Å²) in [5, 5.41) is 54.3. The summed E-state index contributed by atoms with van der Waals surface area (Å²) in [6.45, 7) is 9.82. The van der Waals surface area contributed by atoms with Crippen LogP contribution in [0.1, 0.15) is 98.5 Å². The Labute approximate surface area is 377 Å². The first-order chi connectivity index (χ1) is 30.5. The normalized spacial score (nSPS) is 17.3. The van der Waals surface area contributed by atoms with Gasteiger partial charge < -0.3 is 63.0 Å². The zero-order chi connectivity index (χ0) is 49.1. The number of aliphatic carboxylic acids is 3. The topological polar surface area (TPSA) is 353 Å². The number of aliphatic hydroxyl groups excluding tert-OH is 1. The number of nitrogens with one attached hydrogen (secondary N) is 6. The van der Waals surface area contributed by atoms with Crippen molar-refractivity contribution in [1.29, 1.82) is 0 Å². The molecule has 0 radical (unpaired) electrons. The number of hydrogen-bond acceptors (Lipinski definition) is 12. The molecule has 65 heavy (non-hydrogen) atoms. The highest BCUT2D eigenvalue weighted by atomic mass is 16.4. The molecule has 0 spiro atoms. The molecule has 0 aromatic heterocycles. The maximum atomic E-state index is 13.8. The minimum atomic E-state index is -1.85. The van der Waals surface area contributed by atoms with Gasteiger partial charge in [0.25, 0.3) is 5.91 Å². The molecule has 1 aliphatic rings. The molecule has 1 aromatic rings. The molecule has 7 amide bonds. The van der Waals surface area contributed by atoms with Gasteiger partial charge in [0.05, 0.1) is 12.1 Å². The lowest BCUT2D eigenvalue weighted by molar-refractivity contribution is -0.147. The van der Waals surface area contributed by atoms with Crippen LogP contribution in [0.4, 0.5) is 0 Å². The molecule has 1 heterocycles. The zero-order valence-electron chi connectivity index (χ0n) is 37.7. The maximum Gasteiger partial charge on any atom is 0.326 e. The smallest absolute Gasteiger partial charge is 0.326 e. The van der Waals surface area contributed by atoms with E-state index < -0.39 is 132 Å². The number of benzene rings is 1. The predicted molar refractivity (Wildman–Crippen MR) is 232 cm³/mol. The second-order valence-electron chi connectivity index (χ2n) is 16.9. The van der Waals surface area contributed by atoms with Gasteiger partial charge in [-0.2, -0.15) is 0 Å². The summed E-state index contributed by atoms with van der Waals surface area (Å²) < 4.78 is 0. The number of carbonyl (C=O) groups is 10. The summed E-state index contributed by atoms with van der Waals surface area (Å²) >= 11 is 0. The van der Waals surface area contributed by atoms with E-state index in [0.717, 1.165) is 4.90 Å². The van der Waals surface area contributed by atoms with Gasteiger partial charge >= 0.3 is 17.9 Å². The lowest BCUT2D eigenvalue weighted by Gasteiger charge is -2.32. The van der Waals surface area contributed by atoms with E-state index in [4.69, 9.17) is 10.8 Å². The van der Waals surface area contributed by atoms with E-state index in [9.17, 15) is 63.3 Å². The second-order valence-corrected chi connectivity index (χ2v) is 16.9. The van der Waals surface area contributed by atoms with Crippen molar-refractivity contribution in [3.8, 4) is 0 Å². The number of carboxylic acid groups (broad SMARTS) is 3. The van der Waals surface area contributed by atoms with E-state index in [0.29, 0.717) is 12.0 Å². The van der Waals surface area contributed by atoms with Gasteiger partial charge in [-0.15, -0.1) is 0 Å². The molecule has 22 nitrogen and oxygen atoms in total. The van der Waals surface area contributed by atoms with Crippen LogP contribution in [0.3, 0.4) is 0 Å². The van der Waals surface area contributed by atoms with Crippen molar-refractivity contribution in [1.82, 2.24) is 36.8 Å². The van der Waals surface area contributed by atoms with Gasteiger partial charge in [-0.05, 0) is 62.8 Å². The molecular weight excluding hydrogens is 853 g/mol. The molecule has 0 unspecified atom stereocenters. The van der Waals surface area contributed by atoms with Crippen LogP contribution in [0.5, 0.6) is 0 Å². The number of carboxylic acids is 3. The number of likely N-dealkylation sites (tertiary alicyclic amines) is 1. The molecular formula is C43H66N8O14. The molecule has 1 aromatic carbocycles. The van der Waals surface area contributed by atoms with Gasteiger partial charge in [0.1, 0.15) is 36.3 Å². The van der Waals surface area contributed by atoms with Crippen LogP contribution in [0.15, 0.2) is 30.3 Å². The van der Waals surface area contributed by atoms with Crippen LogP contribution >= 0.6 is 0 Å². The lowest BCUT2D eigenvalue weighted by Crippen LogP contribution is -2.60. The van der Waals surface area contributed by atoms with Crippen LogP contribution in [-0.2, 0) is 54.4 Å². The quantitative estimate of drug-likeness (QED) is 0.0492. The molecule has 1 aliphatic heterocycles. The fourth-order valence-corrected chi connectivity index (χ4v) is 7.03. The van der Waals surface area contributed by atoms with Crippen LogP contribution in [-0.4, -0.2) is 146 Å². The van der Waals surface area contributed by atoms with Crippen molar-refractivity contribution in [3.63, 3.8) is 0 Å². The monoisotopic (exact) mass is 918 g/mol. The van der Waals surface area contributed by atoms with Gasteiger partial charge in [0.2, 0.25) is 35.4 Å². The molecule has 12 N–H and O–H groups in total. The summed E-state index contributed by atoms with van der Waals surface area (Å²) in [7, 11) is 0. The van der Waals surface area contributed by atoms with Crippen molar-refractivity contribution in [2.75, 3.05) is 6.54 Å². The van der Waals surface area contributed by atoms with Gasteiger partial charge in [-0.1, -0.05) is 65.0 Å². The molecule has 0 bridgehead atoms. The summed E-state index contributed by atoms with van der Waals surface area (Å²) in [6, 6.07) is -1.71. The number of hydrogen-bond donors (Lipinski definition) is 11. The fraction of sp³-hybridized carbons (Fsp3) is 0.628. The molecule has 0 aliphatic carbocycles.